The molecule has 0 radical (unpaired) electrons. The van der Waals surface area contributed by atoms with E-state index in [0.717, 1.165) is 11.6 Å². The molecule has 0 unspecified atom stereocenters. The molecule has 7 heteroatoms. The van der Waals surface area contributed by atoms with Crippen LogP contribution in [0.25, 0.3) is 0 Å². The molecule has 0 aliphatic rings. The topological polar surface area (TPSA) is 73.9 Å². The molecule has 6 nitrogen and oxygen atoms in total. The van der Waals surface area contributed by atoms with Crippen LogP contribution < -0.4 is 10.1 Å². The monoisotopic (exact) mass is 403 g/mol. The molecule has 0 aromatic heterocycles. The summed E-state index contributed by atoms with van der Waals surface area (Å²) >= 11 is 0. The fourth-order valence-corrected chi connectivity index (χ4v) is 2.64. The van der Waals surface area contributed by atoms with E-state index in [1.165, 1.54) is 19.2 Å². The number of halogens is 1. The third-order valence-electron chi connectivity index (χ3n) is 3.85. The first kappa shape index (κ1) is 22.2. The lowest BCUT2D eigenvalue weighted by molar-refractivity contribution is 0.0483. The number of alkyl carbamates (subject to hydrolysis) is 1. The molecule has 2 aromatic rings. The highest BCUT2D eigenvalue weighted by Crippen LogP contribution is 2.23. The number of hydrogen-bond donors (Lipinski definition) is 1. The number of amides is 1. The van der Waals surface area contributed by atoms with Gasteiger partial charge in [-0.3, -0.25) is 0 Å². The highest BCUT2D eigenvalue weighted by Gasteiger charge is 2.23. The molecule has 0 fully saturated rings. The number of methoxy groups -OCH3 is 1. The summed E-state index contributed by atoms with van der Waals surface area (Å²) < 4.78 is 29.7. The minimum absolute atomic E-state index is 0.00157. The standard InChI is InChI=1S/C22H26FNO5/c1-22(2,3)29-21(26)24-16(13-15-9-6-5-7-10-15)14-28-18-12-8-11-17(23)19(18)20(25)27-4/h5-12,16H,13-14H2,1-4H3,(H,24,26)/t16-/m1/s1. The molecule has 0 heterocycles. The lowest BCUT2D eigenvalue weighted by Crippen LogP contribution is -2.43. The molecule has 0 saturated carbocycles. The Bertz CT molecular complexity index is 833. The summed E-state index contributed by atoms with van der Waals surface area (Å²) in [6.45, 7) is 5.31. The van der Waals surface area contributed by atoms with Crippen molar-refractivity contribution in [2.45, 2.75) is 38.8 Å². The number of nitrogens with one attached hydrogen (secondary N) is 1. The maximum Gasteiger partial charge on any atom is 0.408 e. The van der Waals surface area contributed by atoms with Crippen LogP contribution in [-0.4, -0.2) is 37.4 Å². The lowest BCUT2D eigenvalue weighted by Gasteiger charge is -2.24. The molecular weight excluding hydrogens is 377 g/mol. The second kappa shape index (κ2) is 9.91. The van der Waals surface area contributed by atoms with Crippen LogP contribution in [-0.2, 0) is 15.9 Å². The van der Waals surface area contributed by atoms with E-state index in [4.69, 9.17) is 9.47 Å². The Morgan fingerprint density at radius 1 is 1.07 bits per heavy atom. The van der Waals surface area contributed by atoms with E-state index in [-0.39, 0.29) is 17.9 Å². The van der Waals surface area contributed by atoms with Crippen LogP contribution in [0.15, 0.2) is 48.5 Å². The van der Waals surface area contributed by atoms with Crippen molar-refractivity contribution in [2.24, 2.45) is 0 Å². The molecular formula is C22H26FNO5. The molecule has 1 amide bonds. The minimum atomic E-state index is -0.835. The van der Waals surface area contributed by atoms with Gasteiger partial charge in [-0.15, -0.1) is 0 Å². The van der Waals surface area contributed by atoms with Crippen LogP contribution in [0.3, 0.4) is 0 Å². The zero-order valence-corrected chi connectivity index (χ0v) is 17.0. The smallest absolute Gasteiger partial charge is 0.408 e. The average Bonchev–Trinajstić information content (AvgIpc) is 2.65. The van der Waals surface area contributed by atoms with E-state index >= 15 is 0 Å². The Morgan fingerprint density at radius 2 is 1.76 bits per heavy atom. The maximum absolute atomic E-state index is 14.1. The predicted molar refractivity (Wildman–Crippen MR) is 107 cm³/mol. The van der Waals surface area contributed by atoms with E-state index < -0.39 is 29.5 Å². The van der Waals surface area contributed by atoms with Crippen molar-refractivity contribution >= 4 is 12.1 Å². The fourth-order valence-electron chi connectivity index (χ4n) is 2.64. The summed E-state index contributed by atoms with van der Waals surface area (Å²) in [6, 6.07) is 13.1. The summed E-state index contributed by atoms with van der Waals surface area (Å²) in [6.07, 6.45) is -0.127. The molecule has 29 heavy (non-hydrogen) atoms. The Hall–Kier alpha value is -3.09. The number of rotatable bonds is 7. The molecule has 156 valence electrons. The summed E-state index contributed by atoms with van der Waals surface area (Å²) in [5.74, 6) is -1.53. The summed E-state index contributed by atoms with van der Waals surface area (Å²) in [5.41, 5.74) is 0.0402. The predicted octanol–water partition coefficient (Wildman–Crippen LogP) is 4.13. The number of ether oxygens (including phenoxy) is 3. The zero-order valence-electron chi connectivity index (χ0n) is 17.0. The molecule has 0 bridgehead atoms. The third-order valence-corrected chi connectivity index (χ3v) is 3.85. The van der Waals surface area contributed by atoms with Crippen LogP contribution in [0.5, 0.6) is 5.75 Å². The Kier molecular flexibility index (Phi) is 7.59. The van der Waals surface area contributed by atoms with Crippen LogP contribution in [0, 0.1) is 5.82 Å². The highest BCUT2D eigenvalue weighted by molar-refractivity contribution is 5.92. The van der Waals surface area contributed by atoms with Gasteiger partial charge in [0.1, 0.15) is 29.3 Å². The van der Waals surface area contributed by atoms with Crippen molar-refractivity contribution in [1.29, 1.82) is 0 Å². The largest absolute Gasteiger partial charge is 0.490 e. The van der Waals surface area contributed by atoms with Gasteiger partial charge in [-0.25, -0.2) is 14.0 Å². The van der Waals surface area contributed by atoms with E-state index in [9.17, 15) is 14.0 Å². The van der Waals surface area contributed by atoms with Crippen LogP contribution in [0.4, 0.5) is 9.18 Å². The van der Waals surface area contributed by atoms with Gasteiger partial charge in [0, 0.05) is 0 Å². The molecule has 0 aliphatic heterocycles. The number of esters is 1. The van der Waals surface area contributed by atoms with Crippen LogP contribution in [0.1, 0.15) is 36.7 Å². The van der Waals surface area contributed by atoms with Gasteiger partial charge in [0.2, 0.25) is 0 Å². The van der Waals surface area contributed by atoms with Crippen molar-refractivity contribution < 1.29 is 28.2 Å². The minimum Gasteiger partial charge on any atom is -0.490 e. The quantitative estimate of drug-likeness (QED) is 0.704. The van der Waals surface area contributed by atoms with Gasteiger partial charge < -0.3 is 19.5 Å². The first-order chi connectivity index (χ1) is 13.7. The lowest BCUT2D eigenvalue weighted by atomic mass is 10.1. The van der Waals surface area contributed by atoms with Gasteiger partial charge in [0.15, 0.2) is 0 Å². The van der Waals surface area contributed by atoms with E-state index in [2.05, 4.69) is 10.1 Å². The molecule has 0 aliphatic carbocycles. The van der Waals surface area contributed by atoms with Gasteiger partial charge in [-0.1, -0.05) is 36.4 Å². The number of hydrogen-bond acceptors (Lipinski definition) is 5. The molecule has 0 saturated heterocycles. The molecule has 1 atom stereocenters. The van der Waals surface area contributed by atoms with E-state index in [1.807, 2.05) is 30.3 Å². The zero-order chi connectivity index (χ0) is 21.4. The Balaban J connectivity index is 2.16. The van der Waals surface area contributed by atoms with Crippen LogP contribution in [0.2, 0.25) is 0 Å². The number of carbonyl (C=O) groups is 2. The van der Waals surface area contributed by atoms with E-state index in [1.54, 1.807) is 20.8 Å². The second-order valence-corrected chi connectivity index (χ2v) is 7.45. The highest BCUT2D eigenvalue weighted by atomic mass is 19.1. The third kappa shape index (κ3) is 7.10. The fraction of sp³-hybridized carbons (Fsp3) is 0.364. The SMILES string of the molecule is COC(=O)c1c(F)cccc1OC[C@@H](Cc1ccccc1)NC(=O)OC(C)(C)C. The first-order valence-electron chi connectivity index (χ1n) is 9.22. The molecule has 2 rings (SSSR count). The number of benzene rings is 2. The maximum atomic E-state index is 14.1. The normalized spacial score (nSPS) is 12.0. The van der Waals surface area contributed by atoms with Crippen molar-refractivity contribution in [3.8, 4) is 5.75 Å². The number of carbonyl (C=O) groups excluding carboxylic acids is 2. The summed E-state index contributed by atoms with van der Waals surface area (Å²) in [5, 5.41) is 2.77. The van der Waals surface area contributed by atoms with E-state index in [0.29, 0.717) is 6.42 Å². The summed E-state index contributed by atoms with van der Waals surface area (Å²) in [7, 11) is 1.17. The van der Waals surface area contributed by atoms with Gasteiger partial charge in [0.25, 0.3) is 0 Å². The second-order valence-electron chi connectivity index (χ2n) is 7.45. The Labute approximate surface area is 170 Å². The van der Waals surface area contributed by atoms with Crippen molar-refractivity contribution in [1.82, 2.24) is 5.32 Å². The van der Waals surface area contributed by atoms with Gasteiger partial charge >= 0.3 is 12.1 Å². The van der Waals surface area contributed by atoms with Crippen molar-refractivity contribution in [3.05, 3.63) is 65.5 Å². The Morgan fingerprint density at radius 3 is 2.38 bits per heavy atom. The first-order valence-corrected chi connectivity index (χ1v) is 9.22. The molecule has 0 spiro atoms. The van der Waals surface area contributed by atoms with Gasteiger partial charge in [0.05, 0.1) is 13.2 Å². The molecule has 1 N–H and O–H groups in total. The average molecular weight is 403 g/mol. The van der Waals surface area contributed by atoms with Crippen LogP contribution >= 0.6 is 0 Å². The molecule has 2 aromatic carbocycles. The summed E-state index contributed by atoms with van der Waals surface area (Å²) in [4.78, 5) is 24.1. The van der Waals surface area contributed by atoms with Crippen molar-refractivity contribution in [3.63, 3.8) is 0 Å². The van der Waals surface area contributed by atoms with Gasteiger partial charge in [-0.2, -0.15) is 0 Å². The van der Waals surface area contributed by atoms with Gasteiger partial charge in [-0.05, 0) is 44.9 Å². The van der Waals surface area contributed by atoms with Crippen molar-refractivity contribution in [2.75, 3.05) is 13.7 Å².